The first-order valence-corrected chi connectivity index (χ1v) is 8.52. The summed E-state index contributed by atoms with van der Waals surface area (Å²) in [6, 6.07) is 6.01. The van der Waals surface area contributed by atoms with Gasteiger partial charge in [-0.3, -0.25) is 8.79 Å². The fourth-order valence-corrected chi connectivity index (χ4v) is 3.58. The van der Waals surface area contributed by atoms with Crippen LogP contribution in [0.2, 0.25) is 0 Å². The maximum absolute atomic E-state index is 11.9. The lowest BCUT2D eigenvalue weighted by molar-refractivity contribution is -0.00000652. The zero-order valence-corrected chi connectivity index (χ0v) is 14.4. The Bertz CT molecular complexity index is 597. The molecule has 114 valence electrons. The summed E-state index contributed by atoms with van der Waals surface area (Å²) in [5.41, 5.74) is 2.87. The fourth-order valence-electron chi connectivity index (χ4n) is 2.35. The first-order chi connectivity index (χ1) is 8.64. The van der Waals surface area contributed by atoms with Crippen molar-refractivity contribution in [1.82, 2.24) is 4.48 Å². The van der Waals surface area contributed by atoms with Crippen molar-refractivity contribution in [2.24, 2.45) is 0 Å². The number of halogens is 2. The van der Waals surface area contributed by atoms with E-state index in [1.54, 1.807) is 0 Å². The zero-order valence-electron chi connectivity index (χ0n) is 12.1. The van der Waals surface area contributed by atoms with Crippen molar-refractivity contribution in [3.8, 4) is 0 Å². The third-order valence-electron chi connectivity index (χ3n) is 3.47. The Balaban J connectivity index is 0.00000200. The minimum absolute atomic E-state index is 0. The lowest BCUT2D eigenvalue weighted by Crippen LogP contribution is -3.00. The molecule has 0 aromatic heterocycles. The molecule has 0 saturated heterocycles. The van der Waals surface area contributed by atoms with E-state index in [0.29, 0.717) is 16.9 Å². The highest BCUT2D eigenvalue weighted by molar-refractivity contribution is 7.92. The van der Waals surface area contributed by atoms with E-state index in [1.165, 1.54) is 10.6 Å². The zero-order chi connectivity index (χ0) is 14.4. The summed E-state index contributed by atoms with van der Waals surface area (Å²) >= 11 is 5.96. The molecule has 0 bridgehead atoms. The number of quaternary nitrogens is 1. The van der Waals surface area contributed by atoms with Crippen LogP contribution in [0.4, 0.5) is 11.4 Å². The summed E-state index contributed by atoms with van der Waals surface area (Å²) in [6.45, 7) is 0.443. The number of hydrogen-bond donors (Lipinski definition) is 0. The molecule has 1 unspecified atom stereocenters. The molecular weight excluding hydrogens is 319 g/mol. The van der Waals surface area contributed by atoms with E-state index in [4.69, 9.17) is 11.6 Å². The van der Waals surface area contributed by atoms with Crippen molar-refractivity contribution in [3.05, 3.63) is 23.8 Å². The number of benzene rings is 1. The number of hydrogen-bond acceptors (Lipinski definition) is 2. The maximum Gasteiger partial charge on any atom is 0.232 e. The van der Waals surface area contributed by atoms with Gasteiger partial charge in [-0.2, -0.15) is 0 Å². The van der Waals surface area contributed by atoms with Crippen LogP contribution in [0.1, 0.15) is 11.5 Å². The van der Waals surface area contributed by atoms with Gasteiger partial charge in [-0.1, -0.05) is 6.07 Å². The molecule has 20 heavy (non-hydrogen) atoms. The molecule has 0 radical (unpaired) electrons. The predicted molar refractivity (Wildman–Crippen MR) is 81.7 cm³/mol. The van der Waals surface area contributed by atoms with Crippen LogP contribution in [0, 0.1) is 0 Å². The average Bonchev–Trinajstić information content (AvgIpc) is 2.65. The van der Waals surface area contributed by atoms with Crippen LogP contribution >= 0.6 is 11.6 Å². The lowest BCUT2D eigenvalue weighted by atomic mass is 10.0. The quantitative estimate of drug-likeness (QED) is 0.523. The maximum atomic E-state index is 11.9. The Labute approximate surface area is 132 Å². The summed E-state index contributed by atoms with van der Waals surface area (Å²) in [7, 11) is 2.91. The number of alkyl halides is 1. The van der Waals surface area contributed by atoms with E-state index in [0.717, 1.165) is 16.9 Å². The number of fused-ring (bicyclic) bond motifs is 1. The minimum atomic E-state index is -3.25. The topological polar surface area (TPSA) is 37.4 Å². The molecule has 0 N–H and O–H groups in total. The van der Waals surface area contributed by atoms with Crippen molar-refractivity contribution in [2.45, 2.75) is 5.92 Å². The van der Waals surface area contributed by atoms with Crippen LogP contribution in [-0.4, -0.2) is 48.2 Å². The Morgan fingerprint density at radius 3 is 2.40 bits per heavy atom. The van der Waals surface area contributed by atoms with Crippen LogP contribution in [0.15, 0.2) is 18.2 Å². The van der Waals surface area contributed by atoms with Crippen LogP contribution in [0.25, 0.3) is 0 Å². The van der Waals surface area contributed by atoms with Crippen LogP contribution in [-0.2, 0) is 10.0 Å². The molecule has 4 nitrogen and oxygen atoms in total. The van der Waals surface area contributed by atoms with Gasteiger partial charge in [0.2, 0.25) is 10.0 Å². The van der Waals surface area contributed by atoms with Crippen molar-refractivity contribution in [3.63, 3.8) is 0 Å². The Hall–Kier alpha value is -0.490. The fraction of sp³-hybridized carbons (Fsp3) is 0.538. The van der Waals surface area contributed by atoms with Crippen molar-refractivity contribution >= 4 is 33.0 Å². The monoisotopic (exact) mass is 338 g/mol. The summed E-state index contributed by atoms with van der Waals surface area (Å²) in [5, 5.41) is 0. The molecule has 1 aliphatic heterocycles. The van der Waals surface area contributed by atoms with Gasteiger partial charge in [0.05, 0.1) is 33.1 Å². The molecule has 1 atom stereocenters. The van der Waals surface area contributed by atoms with Gasteiger partial charge in [-0.05, 0) is 11.6 Å². The first kappa shape index (κ1) is 17.6. The standard InChI is InChI=1S/C13H20ClN2O2S.ClH/c1-16(2,3)11-5-6-12-10(8-14)9-15(13(12)7-11)19(4,17)18;/h5-7,10H,8-9H2,1-4H3;1H/q+1;/p-1. The molecule has 0 saturated carbocycles. The largest absolute Gasteiger partial charge is 1.00 e. The molecule has 0 fully saturated rings. The summed E-state index contributed by atoms with van der Waals surface area (Å²) in [6.07, 6.45) is 1.24. The van der Waals surface area contributed by atoms with Gasteiger partial charge < -0.3 is 12.4 Å². The molecule has 7 heteroatoms. The highest BCUT2D eigenvalue weighted by atomic mass is 35.5. The molecule has 1 aromatic rings. The molecule has 0 spiro atoms. The van der Waals surface area contributed by atoms with E-state index in [9.17, 15) is 8.42 Å². The Morgan fingerprint density at radius 1 is 1.35 bits per heavy atom. The molecule has 1 aliphatic rings. The average molecular weight is 339 g/mol. The van der Waals surface area contributed by atoms with Crippen molar-refractivity contribution < 1.29 is 20.8 Å². The number of sulfonamides is 1. The number of anilines is 1. The van der Waals surface area contributed by atoms with E-state index < -0.39 is 10.0 Å². The SMILES string of the molecule is C[N+](C)(C)c1ccc2c(c1)N(S(C)(=O)=O)CC2CCl.[Cl-]. The van der Waals surface area contributed by atoms with Gasteiger partial charge in [0, 0.05) is 24.4 Å². The van der Waals surface area contributed by atoms with Crippen LogP contribution in [0.3, 0.4) is 0 Å². The molecule has 1 heterocycles. The van der Waals surface area contributed by atoms with Gasteiger partial charge >= 0.3 is 0 Å². The third kappa shape index (κ3) is 3.22. The summed E-state index contributed by atoms with van der Waals surface area (Å²) < 4.78 is 25.9. The Morgan fingerprint density at radius 2 is 1.95 bits per heavy atom. The van der Waals surface area contributed by atoms with Gasteiger partial charge in [-0.25, -0.2) is 8.42 Å². The second kappa shape index (κ2) is 5.72. The molecule has 2 rings (SSSR count). The van der Waals surface area contributed by atoms with Gasteiger partial charge in [0.25, 0.3) is 0 Å². The second-order valence-corrected chi connectivity index (χ2v) is 8.12. The first-order valence-electron chi connectivity index (χ1n) is 6.14. The van der Waals surface area contributed by atoms with Crippen molar-refractivity contribution in [2.75, 3.05) is 44.1 Å². The van der Waals surface area contributed by atoms with E-state index in [2.05, 4.69) is 21.1 Å². The predicted octanol–water partition coefficient (Wildman–Crippen LogP) is -1.01. The van der Waals surface area contributed by atoms with E-state index in [1.807, 2.05) is 18.2 Å². The van der Waals surface area contributed by atoms with Gasteiger partial charge in [-0.15, -0.1) is 11.6 Å². The minimum Gasteiger partial charge on any atom is -1.00 e. The van der Waals surface area contributed by atoms with Crippen LogP contribution < -0.4 is 21.2 Å². The second-order valence-electron chi connectivity index (χ2n) is 5.90. The Kier molecular flexibility index (Phi) is 5.02. The van der Waals surface area contributed by atoms with Crippen LogP contribution in [0.5, 0.6) is 0 Å². The summed E-state index contributed by atoms with van der Waals surface area (Å²) in [5.74, 6) is 0.510. The van der Waals surface area contributed by atoms with E-state index >= 15 is 0 Å². The molecule has 0 aliphatic carbocycles. The number of nitrogens with zero attached hydrogens (tertiary/aromatic N) is 2. The van der Waals surface area contributed by atoms with Gasteiger partial charge in [0.1, 0.15) is 5.69 Å². The smallest absolute Gasteiger partial charge is 0.232 e. The molecular formula is C13H20Cl2N2O2S. The highest BCUT2D eigenvalue weighted by Gasteiger charge is 2.34. The molecule has 0 amide bonds. The number of rotatable bonds is 3. The highest BCUT2D eigenvalue weighted by Crippen LogP contribution is 2.40. The van der Waals surface area contributed by atoms with Gasteiger partial charge in [0.15, 0.2) is 0 Å². The normalized spacial score (nSPS) is 18.6. The van der Waals surface area contributed by atoms with E-state index in [-0.39, 0.29) is 18.3 Å². The van der Waals surface area contributed by atoms with Crippen molar-refractivity contribution in [1.29, 1.82) is 0 Å². The lowest BCUT2D eigenvalue weighted by Gasteiger charge is -2.25. The third-order valence-corrected chi connectivity index (χ3v) is 4.99. The summed E-state index contributed by atoms with van der Waals surface area (Å²) in [4.78, 5) is 0. The molecule has 1 aromatic carbocycles.